The molecule has 0 spiro atoms. The molecule has 2 unspecified atom stereocenters. The summed E-state index contributed by atoms with van der Waals surface area (Å²) in [6.07, 6.45) is 13.6. The lowest BCUT2D eigenvalue weighted by Crippen LogP contribution is -2.46. The van der Waals surface area contributed by atoms with Gasteiger partial charge in [-0.2, -0.15) is 5.12 Å². The average molecular weight is 300 g/mol. The fourth-order valence-corrected chi connectivity index (χ4v) is 3.90. The molecule has 5 heteroatoms. The molecule has 0 aromatic heterocycles. The van der Waals surface area contributed by atoms with Crippen molar-refractivity contribution in [2.24, 2.45) is 34.7 Å². The van der Waals surface area contributed by atoms with Crippen LogP contribution in [0.4, 0.5) is 4.79 Å². The molecule has 2 atom stereocenters. The second-order valence-corrected chi connectivity index (χ2v) is 6.73. The third-order valence-electron chi connectivity index (χ3n) is 5.52. The maximum atomic E-state index is 9.60. The molecule has 0 heterocycles. The second-order valence-electron chi connectivity index (χ2n) is 6.73. The molecule has 2 rings (SSSR count). The fourth-order valence-electron chi connectivity index (χ4n) is 3.90. The summed E-state index contributed by atoms with van der Waals surface area (Å²) in [4.78, 5) is 9.60. The lowest BCUT2D eigenvalue weighted by atomic mass is 9.58. The van der Waals surface area contributed by atoms with Gasteiger partial charge >= 0.3 is 6.03 Å². The number of primary amides is 1. The van der Waals surface area contributed by atoms with E-state index in [-0.39, 0.29) is 7.43 Å². The van der Waals surface area contributed by atoms with Crippen LogP contribution in [-0.2, 0) is 0 Å². The monoisotopic (exact) mass is 300 g/mol. The van der Waals surface area contributed by atoms with E-state index in [2.05, 4.69) is 31.3 Å². The quantitative estimate of drug-likeness (QED) is 0.392. The minimum absolute atomic E-state index is 0. The molecule has 2 amide bonds. The fraction of sp³-hybridized carbons (Fsp3) is 0.938. The number of nitrogens with zero attached hydrogens (tertiary/aromatic N) is 1. The summed E-state index contributed by atoms with van der Waals surface area (Å²) in [5, 5.41) is 0.306. The van der Waals surface area contributed by atoms with Gasteiger partial charge in [-0.1, -0.05) is 59.8 Å². The Morgan fingerprint density at radius 3 is 1.95 bits per heavy atom. The van der Waals surface area contributed by atoms with E-state index in [1.165, 1.54) is 57.8 Å². The highest BCUT2D eigenvalue weighted by Crippen LogP contribution is 2.50. The van der Waals surface area contributed by atoms with Crippen molar-refractivity contribution >= 4 is 6.03 Å². The van der Waals surface area contributed by atoms with Gasteiger partial charge in [-0.15, -0.1) is 0 Å². The Bertz CT molecular complexity index is 303. The van der Waals surface area contributed by atoms with Crippen LogP contribution in [0.1, 0.15) is 79.1 Å². The summed E-state index contributed by atoms with van der Waals surface area (Å²) in [7, 11) is 0. The van der Waals surface area contributed by atoms with Crippen molar-refractivity contribution in [2.45, 2.75) is 79.1 Å². The average Bonchev–Trinajstić information content (AvgIpc) is 2.44. The number of carbonyl (C=O) groups is 1. The van der Waals surface area contributed by atoms with Gasteiger partial charge in [0, 0.05) is 0 Å². The van der Waals surface area contributed by atoms with Crippen LogP contribution in [0.5, 0.6) is 0 Å². The zero-order chi connectivity index (χ0) is 15.2. The van der Waals surface area contributed by atoms with E-state index in [1.807, 2.05) is 0 Å². The maximum absolute atomic E-state index is 9.60. The van der Waals surface area contributed by atoms with Gasteiger partial charge in [0.15, 0.2) is 0 Å². The molecular formula is C16H36N4O. The van der Waals surface area contributed by atoms with Crippen molar-refractivity contribution in [1.82, 2.24) is 5.12 Å². The van der Waals surface area contributed by atoms with Crippen LogP contribution >= 0.6 is 0 Å². The zero-order valence-corrected chi connectivity index (χ0v) is 13.1. The molecule has 126 valence electrons. The SMILES string of the molecule is C.CC1CCCCC1(C)C1CCCCC1.NC(=O)N(N)N. The van der Waals surface area contributed by atoms with E-state index < -0.39 is 6.03 Å². The van der Waals surface area contributed by atoms with E-state index >= 15 is 0 Å². The summed E-state index contributed by atoms with van der Waals surface area (Å²) in [5.74, 6) is 11.2. The molecule has 6 N–H and O–H groups in total. The van der Waals surface area contributed by atoms with Gasteiger partial charge < -0.3 is 5.73 Å². The first-order valence-corrected chi connectivity index (χ1v) is 7.97. The molecule has 0 aromatic carbocycles. The van der Waals surface area contributed by atoms with Crippen molar-refractivity contribution in [2.75, 3.05) is 0 Å². The molecule has 5 nitrogen and oxygen atoms in total. The van der Waals surface area contributed by atoms with Crippen molar-refractivity contribution in [3.63, 3.8) is 0 Å². The normalized spacial score (nSPS) is 29.6. The topological polar surface area (TPSA) is 98.4 Å². The summed E-state index contributed by atoms with van der Waals surface area (Å²) >= 11 is 0. The molecule has 0 bridgehead atoms. The van der Waals surface area contributed by atoms with Crippen molar-refractivity contribution in [1.29, 1.82) is 0 Å². The smallest absolute Gasteiger partial charge is 0.343 e. The number of hydrazine groups is 2. The predicted octanol–water partition coefficient (Wildman–Crippen LogP) is 3.53. The Kier molecular flexibility index (Phi) is 8.90. The van der Waals surface area contributed by atoms with Gasteiger partial charge in [0.2, 0.25) is 0 Å². The van der Waals surface area contributed by atoms with Crippen LogP contribution in [0.2, 0.25) is 0 Å². The minimum Gasteiger partial charge on any atom is -0.349 e. The number of carbonyl (C=O) groups excluding carboxylic acids is 1. The minimum atomic E-state index is -0.852. The van der Waals surface area contributed by atoms with E-state index in [0.29, 0.717) is 10.5 Å². The number of amides is 2. The van der Waals surface area contributed by atoms with Crippen LogP contribution in [0, 0.1) is 17.3 Å². The van der Waals surface area contributed by atoms with Crippen molar-refractivity contribution in [3.8, 4) is 0 Å². The highest BCUT2D eigenvalue weighted by Gasteiger charge is 2.40. The van der Waals surface area contributed by atoms with Gasteiger partial charge in [0.25, 0.3) is 0 Å². The molecule has 0 saturated heterocycles. The zero-order valence-electron chi connectivity index (χ0n) is 13.1. The number of hydrogen-bond acceptors (Lipinski definition) is 3. The second kappa shape index (κ2) is 9.26. The maximum Gasteiger partial charge on any atom is 0.343 e. The molecule has 0 aliphatic heterocycles. The molecule has 2 fully saturated rings. The molecule has 2 aliphatic rings. The van der Waals surface area contributed by atoms with Gasteiger partial charge in [-0.05, 0) is 36.5 Å². The van der Waals surface area contributed by atoms with Gasteiger partial charge in [0.05, 0.1) is 0 Å². The van der Waals surface area contributed by atoms with E-state index in [0.717, 1.165) is 11.8 Å². The molecule has 2 aliphatic carbocycles. The molecule has 0 radical (unpaired) electrons. The Balaban J connectivity index is 0.000000495. The summed E-state index contributed by atoms with van der Waals surface area (Å²) in [6, 6.07) is -0.852. The molecule has 21 heavy (non-hydrogen) atoms. The Morgan fingerprint density at radius 1 is 1.05 bits per heavy atom. The van der Waals surface area contributed by atoms with Crippen LogP contribution in [0.25, 0.3) is 0 Å². The van der Waals surface area contributed by atoms with Crippen LogP contribution in [-0.4, -0.2) is 11.1 Å². The van der Waals surface area contributed by atoms with Crippen molar-refractivity contribution in [3.05, 3.63) is 0 Å². The lowest BCUT2D eigenvalue weighted by Gasteiger charge is -2.47. The van der Waals surface area contributed by atoms with Crippen LogP contribution < -0.4 is 17.4 Å². The first kappa shape index (κ1) is 20.2. The first-order valence-electron chi connectivity index (χ1n) is 7.97. The van der Waals surface area contributed by atoms with Gasteiger partial charge in [-0.3, -0.25) is 0 Å². The summed E-state index contributed by atoms with van der Waals surface area (Å²) < 4.78 is 0. The Morgan fingerprint density at radius 2 is 1.52 bits per heavy atom. The highest BCUT2D eigenvalue weighted by molar-refractivity contribution is 5.70. The number of nitrogens with two attached hydrogens (primary N) is 3. The standard InChI is InChI=1S/C14H26.CH6N4O.CH4/c1-12-8-6-7-11-14(12,2)13-9-4-3-5-10-13;2-1(6)5(3)4;/h12-13H,3-11H2,1-2H3;3-4H2,(H2,2,6);1H4. The predicted molar refractivity (Wildman–Crippen MR) is 88.8 cm³/mol. The largest absolute Gasteiger partial charge is 0.349 e. The summed E-state index contributed by atoms with van der Waals surface area (Å²) in [6.45, 7) is 5.10. The molecule has 0 aromatic rings. The number of urea groups is 1. The summed E-state index contributed by atoms with van der Waals surface area (Å²) in [5.41, 5.74) is 5.18. The van der Waals surface area contributed by atoms with E-state index in [1.54, 1.807) is 0 Å². The third-order valence-corrected chi connectivity index (χ3v) is 5.52. The lowest BCUT2D eigenvalue weighted by molar-refractivity contribution is 0.0322. The Labute approximate surface area is 130 Å². The number of rotatable bonds is 1. The third kappa shape index (κ3) is 5.83. The first-order chi connectivity index (χ1) is 9.38. The van der Waals surface area contributed by atoms with Gasteiger partial charge in [-0.25, -0.2) is 16.5 Å². The highest BCUT2D eigenvalue weighted by atomic mass is 16.2. The van der Waals surface area contributed by atoms with Crippen LogP contribution in [0.3, 0.4) is 0 Å². The Hall–Kier alpha value is -0.810. The molecule has 2 saturated carbocycles. The van der Waals surface area contributed by atoms with E-state index in [4.69, 9.17) is 0 Å². The van der Waals surface area contributed by atoms with E-state index in [9.17, 15) is 4.79 Å². The number of hydrogen-bond donors (Lipinski definition) is 3. The van der Waals surface area contributed by atoms with Crippen molar-refractivity contribution < 1.29 is 4.79 Å². The van der Waals surface area contributed by atoms with Gasteiger partial charge in [0.1, 0.15) is 0 Å². The van der Waals surface area contributed by atoms with Crippen LogP contribution in [0.15, 0.2) is 0 Å². The molecular weight excluding hydrogens is 264 g/mol.